The van der Waals surface area contributed by atoms with Gasteiger partial charge >= 0.3 is 0 Å². The SMILES string of the molecule is COc1cc(OC)cc(Oc2cncc(-c3ccncc3)n2)c1. The van der Waals surface area contributed by atoms with Crippen LogP contribution < -0.4 is 14.2 Å². The highest BCUT2D eigenvalue weighted by Gasteiger charge is 2.07. The zero-order valence-corrected chi connectivity index (χ0v) is 12.8. The second-order valence-corrected chi connectivity index (χ2v) is 4.63. The minimum atomic E-state index is 0.384. The molecule has 0 aliphatic heterocycles. The molecule has 0 atom stereocenters. The number of aromatic nitrogens is 3. The number of hydrogen-bond acceptors (Lipinski definition) is 6. The largest absolute Gasteiger partial charge is 0.496 e. The number of rotatable bonds is 5. The van der Waals surface area contributed by atoms with Crippen molar-refractivity contribution in [3.63, 3.8) is 0 Å². The quantitative estimate of drug-likeness (QED) is 0.720. The van der Waals surface area contributed by atoms with Gasteiger partial charge in [0.2, 0.25) is 5.88 Å². The minimum absolute atomic E-state index is 0.384. The molecule has 2 heterocycles. The molecule has 0 spiro atoms. The van der Waals surface area contributed by atoms with E-state index in [0.29, 0.717) is 28.8 Å². The Balaban J connectivity index is 1.89. The van der Waals surface area contributed by atoms with Crippen molar-refractivity contribution in [1.82, 2.24) is 15.0 Å². The highest BCUT2D eigenvalue weighted by Crippen LogP contribution is 2.30. The van der Waals surface area contributed by atoms with Crippen LogP contribution in [0.2, 0.25) is 0 Å². The molecule has 0 aliphatic rings. The Hall–Kier alpha value is -3.15. The number of benzene rings is 1. The summed E-state index contributed by atoms with van der Waals surface area (Å²) >= 11 is 0. The van der Waals surface area contributed by atoms with Gasteiger partial charge in [-0.15, -0.1) is 0 Å². The Morgan fingerprint density at radius 1 is 0.783 bits per heavy atom. The second-order valence-electron chi connectivity index (χ2n) is 4.63. The number of methoxy groups -OCH3 is 2. The molecule has 0 saturated heterocycles. The third-order valence-corrected chi connectivity index (χ3v) is 3.14. The highest BCUT2D eigenvalue weighted by atomic mass is 16.5. The van der Waals surface area contributed by atoms with E-state index in [1.165, 1.54) is 0 Å². The molecule has 0 unspecified atom stereocenters. The van der Waals surface area contributed by atoms with Gasteiger partial charge in [-0.2, -0.15) is 0 Å². The van der Waals surface area contributed by atoms with Crippen LogP contribution in [-0.4, -0.2) is 29.2 Å². The van der Waals surface area contributed by atoms with Gasteiger partial charge in [-0.05, 0) is 12.1 Å². The molecule has 3 rings (SSSR count). The van der Waals surface area contributed by atoms with E-state index in [1.807, 2.05) is 12.1 Å². The summed E-state index contributed by atoms with van der Waals surface area (Å²) in [6.07, 6.45) is 6.64. The smallest absolute Gasteiger partial charge is 0.238 e. The maximum absolute atomic E-state index is 5.78. The van der Waals surface area contributed by atoms with Gasteiger partial charge in [0.1, 0.15) is 17.2 Å². The van der Waals surface area contributed by atoms with Crippen molar-refractivity contribution >= 4 is 0 Å². The van der Waals surface area contributed by atoms with Gasteiger partial charge in [0.15, 0.2) is 0 Å². The van der Waals surface area contributed by atoms with E-state index >= 15 is 0 Å². The first-order valence-electron chi connectivity index (χ1n) is 6.92. The molecule has 0 aliphatic carbocycles. The van der Waals surface area contributed by atoms with E-state index in [9.17, 15) is 0 Å². The van der Waals surface area contributed by atoms with E-state index in [1.54, 1.807) is 57.2 Å². The van der Waals surface area contributed by atoms with Crippen LogP contribution in [0.25, 0.3) is 11.3 Å². The second kappa shape index (κ2) is 6.74. The molecule has 0 saturated carbocycles. The molecule has 1 aromatic carbocycles. The molecule has 0 bridgehead atoms. The Morgan fingerprint density at radius 3 is 2.09 bits per heavy atom. The van der Waals surface area contributed by atoms with Crippen LogP contribution in [0.4, 0.5) is 0 Å². The zero-order chi connectivity index (χ0) is 16.1. The summed E-state index contributed by atoms with van der Waals surface area (Å²) < 4.78 is 16.2. The molecule has 2 aromatic heterocycles. The Bertz CT molecular complexity index is 772. The minimum Gasteiger partial charge on any atom is -0.496 e. The number of ether oxygens (including phenoxy) is 3. The fourth-order valence-electron chi connectivity index (χ4n) is 2.02. The topological polar surface area (TPSA) is 66.4 Å². The van der Waals surface area contributed by atoms with Gasteiger partial charge < -0.3 is 14.2 Å². The molecule has 0 fully saturated rings. The maximum Gasteiger partial charge on any atom is 0.238 e. The van der Waals surface area contributed by atoms with Gasteiger partial charge in [-0.3, -0.25) is 9.97 Å². The lowest BCUT2D eigenvalue weighted by Gasteiger charge is -2.10. The Kier molecular flexibility index (Phi) is 4.33. The van der Waals surface area contributed by atoms with Crippen LogP contribution in [0, 0.1) is 0 Å². The molecule has 116 valence electrons. The summed E-state index contributed by atoms with van der Waals surface area (Å²) in [6, 6.07) is 9.00. The normalized spacial score (nSPS) is 10.2. The molecular formula is C17H15N3O3. The van der Waals surface area contributed by atoms with Gasteiger partial charge in [-0.1, -0.05) is 0 Å². The monoisotopic (exact) mass is 309 g/mol. The molecule has 0 radical (unpaired) electrons. The van der Waals surface area contributed by atoms with Gasteiger partial charge in [0.25, 0.3) is 0 Å². The molecule has 23 heavy (non-hydrogen) atoms. The predicted molar refractivity (Wildman–Crippen MR) is 84.9 cm³/mol. The number of pyridine rings is 1. The van der Waals surface area contributed by atoms with Crippen LogP contribution >= 0.6 is 0 Å². The molecular weight excluding hydrogens is 294 g/mol. The van der Waals surface area contributed by atoms with E-state index in [2.05, 4.69) is 15.0 Å². The van der Waals surface area contributed by atoms with Crippen LogP contribution in [-0.2, 0) is 0 Å². The molecule has 0 amide bonds. The molecule has 6 heteroatoms. The molecule has 3 aromatic rings. The lowest BCUT2D eigenvalue weighted by Crippen LogP contribution is -1.94. The van der Waals surface area contributed by atoms with E-state index < -0.39 is 0 Å². The first kappa shape index (κ1) is 14.8. The standard InChI is InChI=1S/C17H15N3O3/c1-21-13-7-14(22-2)9-15(8-13)23-17-11-19-10-16(20-17)12-3-5-18-6-4-12/h3-11H,1-2H3. The Morgan fingerprint density at radius 2 is 1.43 bits per heavy atom. The fraction of sp³-hybridized carbons (Fsp3) is 0.118. The summed E-state index contributed by atoms with van der Waals surface area (Å²) in [5.41, 5.74) is 1.63. The van der Waals surface area contributed by atoms with E-state index in [4.69, 9.17) is 14.2 Å². The molecule has 0 N–H and O–H groups in total. The summed E-state index contributed by atoms with van der Waals surface area (Å²) in [5, 5.41) is 0. The number of hydrogen-bond donors (Lipinski definition) is 0. The number of nitrogens with zero attached hydrogens (tertiary/aromatic N) is 3. The Labute approximate surface area is 133 Å². The lowest BCUT2D eigenvalue weighted by molar-refractivity contribution is 0.385. The lowest BCUT2D eigenvalue weighted by atomic mass is 10.2. The van der Waals surface area contributed by atoms with Gasteiger partial charge in [0.05, 0.1) is 32.3 Å². The maximum atomic E-state index is 5.78. The van der Waals surface area contributed by atoms with E-state index in [-0.39, 0.29) is 0 Å². The van der Waals surface area contributed by atoms with Crippen LogP contribution in [0.3, 0.4) is 0 Å². The van der Waals surface area contributed by atoms with Crippen molar-refractivity contribution in [1.29, 1.82) is 0 Å². The third-order valence-electron chi connectivity index (χ3n) is 3.14. The van der Waals surface area contributed by atoms with Gasteiger partial charge in [-0.25, -0.2) is 4.98 Å². The first-order valence-corrected chi connectivity index (χ1v) is 6.92. The van der Waals surface area contributed by atoms with Gasteiger partial charge in [0, 0.05) is 36.2 Å². The van der Waals surface area contributed by atoms with Crippen LogP contribution in [0.5, 0.6) is 23.1 Å². The highest BCUT2D eigenvalue weighted by molar-refractivity contribution is 5.57. The van der Waals surface area contributed by atoms with Crippen LogP contribution in [0.15, 0.2) is 55.1 Å². The summed E-state index contributed by atoms with van der Waals surface area (Å²) in [7, 11) is 3.17. The average Bonchev–Trinajstić information content (AvgIpc) is 2.62. The fourth-order valence-corrected chi connectivity index (χ4v) is 2.02. The summed E-state index contributed by atoms with van der Waals surface area (Å²) in [5.74, 6) is 2.21. The van der Waals surface area contributed by atoms with Crippen molar-refractivity contribution in [3.8, 4) is 34.4 Å². The van der Waals surface area contributed by atoms with Crippen molar-refractivity contribution in [3.05, 3.63) is 55.1 Å². The van der Waals surface area contributed by atoms with Crippen molar-refractivity contribution < 1.29 is 14.2 Å². The van der Waals surface area contributed by atoms with Crippen molar-refractivity contribution in [2.24, 2.45) is 0 Å². The average molecular weight is 309 g/mol. The van der Waals surface area contributed by atoms with Crippen molar-refractivity contribution in [2.75, 3.05) is 14.2 Å². The zero-order valence-electron chi connectivity index (χ0n) is 12.8. The first-order chi connectivity index (χ1) is 11.3. The predicted octanol–water partition coefficient (Wildman–Crippen LogP) is 3.35. The molecule has 6 nitrogen and oxygen atoms in total. The van der Waals surface area contributed by atoms with Crippen LogP contribution in [0.1, 0.15) is 0 Å². The van der Waals surface area contributed by atoms with E-state index in [0.717, 1.165) is 5.56 Å². The van der Waals surface area contributed by atoms with Crippen molar-refractivity contribution in [2.45, 2.75) is 0 Å². The third kappa shape index (κ3) is 3.55. The summed E-state index contributed by atoms with van der Waals surface area (Å²) in [4.78, 5) is 12.6. The summed E-state index contributed by atoms with van der Waals surface area (Å²) in [6.45, 7) is 0.